The number of aryl methyl sites for hydroxylation is 2. The number of primary amides is 1. The largest absolute Gasteiger partial charge is 0.365 e. The summed E-state index contributed by atoms with van der Waals surface area (Å²) in [5.74, 6) is 0.717. The Hall–Kier alpha value is -2.67. The van der Waals surface area contributed by atoms with Crippen molar-refractivity contribution in [2.45, 2.75) is 52.1 Å². The smallest absolute Gasteiger partial charge is 0.254 e. The lowest BCUT2D eigenvalue weighted by molar-refractivity contribution is 0.100. The monoisotopic (exact) mass is 368 g/mol. The number of rotatable bonds is 5. The van der Waals surface area contributed by atoms with Crippen LogP contribution < -0.4 is 22.1 Å². The zero-order chi connectivity index (χ0) is 19.6. The number of anilines is 3. The highest BCUT2D eigenvalue weighted by Gasteiger charge is 2.28. The molecule has 1 fully saturated rings. The van der Waals surface area contributed by atoms with E-state index in [1.165, 1.54) is 6.20 Å². The fraction of sp³-hybridized carbons (Fsp3) is 0.450. The third kappa shape index (κ3) is 4.54. The molecule has 144 valence electrons. The van der Waals surface area contributed by atoms with Gasteiger partial charge in [-0.25, -0.2) is 4.98 Å². The average Bonchev–Trinajstić information content (AvgIpc) is 2.58. The fourth-order valence-corrected chi connectivity index (χ4v) is 3.69. The van der Waals surface area contributed by atoms with Crippen LogP contribution in [0.25, 0.3) is 0 Å². The molecule has 1 aliphatic carbocycles. The molecule has 7 heteroatoms. The Bertz CT molecular complexity index is 817. The maximum atomic E-state index is 11.8. The normalized spacial score (nSPS) is 22.3. The van der Waals surface area contributed by atoms with E-state index in [1.54, 1.807) is 0 Å². The van der Waals surface area contributed by atoms with Gasteiger partial charge in [0.1, 0.15) is 11.4 Å². The number of hydrogen-bond acceptors (Lipinski definition) is 6. The number of benzene rings is 1. The predicted molar refractivity (Wildman–Crippen MR) is 108 cm³/mol. The van der Waals surface area contributed by atoms with Gasteiger partial charge in [-0.2, -0.15) is 4.98 Å². The molecular formula is C20H28N6O. The van der Waals surface area contributed by atoms with Gasteiger partial charge in [0.05, 0.1) is 0 Å². The Morgan fingerprint density at radius 3 is 2.56 bits per heavy atom. The van der Waals surface area contributed by atoms with Crippen molar-refractivity contribution in [2.75, 3.05) is 10.6 Å². The van der Waals surface area contributed by atoms with E-state index >= 15 is 0 Å². The van der Waals surface area contributed by atoms with E-state index < -0.39 is 5.91 Å². The predicted octanol–water partition coefficient (Wildman–Crippen LogP) is 2.86. The van der Waals surface area contributed by atoms with Gasteiger partial charge in [0, 0.05) is 24.0 Å². The van der Waals surface area contributed by atoms with Crippen LogP contribution in [0.3, 0.4) is 0 Å². The molecule has 0 spiro atoms. The Morgan fingerprint density at radius 1 is 1.19 bits per heavy atom. The quantitative estimate of drug-likeness (QED) is 0.644. The summed E-state index contributed by atoms with van der Waals surface area (Å²) in [7, 11) is 0. The molecule has 7 nitrogen and oxygen atoms in total. The molecule has 2 aromatic rings. The number of nitrogens with two attached hydrogens (primary N) is 2. The van der Waals surface area contributed by atoms with Crippen LogP contribution in [0.1, 0.15) is 47.7 Å². The van der Waals surface area contributed by atoms with Crippen molar-refractivity contribution in [3.05, 3.63) is 41.1 Å². The van der Waals surface area contributed by atoms with Gasteiger partial charge in [0.25, 0.3) is 5.91 Å². The average molecular weight is 368 g/mol. The summed E-state index contributed by atoms with van der Waals surface area (Å²) in [6, 6.07) is 6.23. The zero-order valence-electron chi connectivity index (χ0n) is 16.1. The summed E-state index contributed by atoms with van der Waals surface area (Å²) < 4.78 is 0. The highest BCUT2D eigenvalue weighted by Crippen LogP contribution is 2.26. The van der Waals surface area contributed by atoms with Crippen LogP contribution >= 0.6 is 0 Å². The minimum absolute atomic E-state index is 0.0500. The first-order chi connectivity index (χ1) is 12.8. The van der Waals surface area contributed by atoms with Crippen LogP contribution in [0.5, 0.6) is 0 Å². The molecule has 0 bridgehead atoms. The molecule has 0 saturated heterocycles. The lowest BCUT2D eigenvalue weighted by atomic mass is 9.83. The second kappa shape index (κ2) is 7.92. The van der Waals surface area contributed by atoms with E-state index in [0.29, 0.717) is 17.7 Å². The van der Waals surface area contributed by atoms with Crippen molar-refractivity contribution in [1.82, 2.24) is 9.97 Å². The maximum absolute atomic E-state index is 11.8. The van der Waals surface area contributed by atoms with Crippen molar-refractivity contribution in [2.24, 2.45) is 17.4 Å². The number of carbonyl (C=O) groups excluding carboxylic acids is 1. The fourth-order valence-electron chi connectivity index (χ4n) is 3.69. The summed E-state index contributed by atoms with van der Waals surface area (Å²) in [5.41, 5.74) is 15.2. The van der Waals surface area contributed by atoms with Gasteiger partial charge < -0.3 is 22.1 Å². The molecule has 3 unspecified atom stereocenters. The van der Waals surface area contributed by atoms with Crippen molar-refractivity contribution in [3.63, 3.8) is 0 Å². The lowest BCUT2D eigenvalue weighted by Gasteiger charge is -2.34. The van der Waals surface area contributed by atoms with Crippen molar-refractivity contribution in [1.29, 1.82) is 0 Å². The van der Waals surface area contributed by atoms with E-state index in [2.05, 4.69) is 33.6 Å². The first-order valence-corrected chi connectivity index (χ1v) is 9.38. The highest BCUT2D eigenvalue weighted by molar-refractivity contribution is 5.98. The molecule has 1 aromatic carbocycles. The summed E-state index contributed by atoms with van der Waals surface area (Å²) in [4.78, 5) is 20.6. The van der Waals surface area contributed by atoms with Crippen LogP contribution in [0.2, 0.25) is 0 Å². The minimum Gasteiger partial charge on any atom is -0.365 e. The van der Waals surface area contributed by atoms with Crippen LogP contribution in [-0.2, 0) is 0 Å². The van der Waals surface area contributed by atoms with Crippen LogP contribution in [0, 0.1) is 19.8 Å². The lowest BCUT2D eigenvalue weighted by Crippen LogP contribution is -2.47. The Kier molecular flexibility index (Phi) is 5.60. The van der Waals surface area contributed by atoms with Crippen molar-refractivity contribution >= 4 is 23.4 Å². The van der Waals surface area contributed by atoms with E-state index in [0.717, 1.165) is 36.1 Å². The topological polar surface area (TPSA) is 119 Å². The van der Waals surface area contributed by atoms with Gasteiger partial charge in [-0.3, -0.25) is 4.79 Å². The van der Waals surface area contributed by atoms with Gasteiger partial charge in [0.15, 0.2) is 0 Å². The number of nitrogens with one attached hydrogen (secondary N) is 2. The number of carbonyl (C=O) groups is 1. The molecule has 3 atom stereocenters. The Balaban J connectivity index is 1.87. The molecule has 0 radical (unpaired) electrons. The molecule has 27 heavy (non-hydrogen) atoms. The van der Waals surface area contributed by atoms with Crippen LogP contribution in [0.15, 0.2) is 24.4 Å². The summed E-state index contributed by atoms with van der Waals surface area (Å²) in [6.07, 6.45) is 4.70. The molecule has 0 aliphatic heterocycles. The number of amides is 1. The molecule has 1 aliphatic rings. The van der Waals surface area contributed by atoms with E-state index in [9.17, 15) is 4.79 Å². The Morgan fingerprint density at radius 2 is 1.89 bits per heavy atom. The third-order valence-electron chi connectivity index (χ3n) is 5.15. The summed E-state index contributed by atoms with van der Waals surface area (Å²) >= 11 is 0. The molecule has 1 aromatic heterocycles. The van der Waals surface area contributed by atoms with Gasteiger partial charge in [-0.15, -0.1) is 0 Å². The molecule has 1 amide bonds. The van der Waals surface area contributed by atoms with Gasteiger partial charge >= 0.3 is 0 Å². The highest BCUT2D eigenvalue weighted by atomic mass is 16.1. The first kappa shape index (κ1) is 19.1. The van der Waals surface area contributed by atoms with Gasteiger partial charge in [-0.05, 0) is 55.9 Å². The second-order valence-corrected chi connectivity index (χ2v) is 7.56. The van der Waals surface area contributed by atoms with E-state index in [1.807, 2.05) is 26.0 Å². The summed E-state index contributed by atoms with van der Waals surface area (Å²) in [6.45, 7) is 6.21. The van der Waals surface area contributed by atoms with Crippen LogP contribution in [0.4, 0.5) is 17.5 Å². The Labute approximate surface area is 160 Å². The minimum atomic E-state index is -0.573. The van der Waals surface area contributed by atoms with Gasteiger partial charge in [0.2, 0.25) is 5.95 Å². The number of aromatic nitrogens is 2. The molecule has 1 saturated carbocycles. The number of nitrogens with zero attached hydrogens (tertiary/aromatic N) is 2. The van der Waals surface area contributed by atoms with E-state index in [-0.39, 0.29) is 17.6 Å². The standard InChI is InChI=1S/C20H28N6O/c1-11-7-12(2)9-14(8-11)24-19-15(18(22)27)10-23-20(26-19)25-16-6-4-5-13(3)17(16)21/h7-10,13,16-17H,4-6,21H2,1-3H3,(H2,22,27)(H2,23,24,25,26). The zero-order valence-corrected chi connectivity index (χ0v) is 16.1. The second-order valence-electron chi connectivity index (χ2n) is 7.56. The van der Waals surface area contributed by atoms with Crippen molar-refractivity contribution < 1.29 is 4.79 Å². The van der Waals surface area contributed by atoms with Crippen LogP contribution in [-0.4, -0.2) is 28.0 Å². The SMILES string of the molecule is Cc1cc(C)cc(Nc2nc(NC3CCCC(C)C3N)ncc2C(N)=O)c1. The molecular weight excluding hydrogens is 340 g/mol. The number of hydrogen-bond donors (Lipinski definition) is 4. The maximum Gasteiger partial charge on any atom is 0.254 e. The van der Waals surface area contributed by atoms with Crippen molar-refractivity contribution in [3.8, 4) is 0 Å². The third-order valence-corrected chi connectivity index (χ3v) is 5.15. The first-order valence-electron chi connectivity index (χ1n) is 9.38. The molecule has 6 N–H and O–H groups in total. The molecule has 1 heterocycles. The van der Waals surface area contributed by atoms with Gasteiger partial charge in [-0.1, -0.05) is 19.4 Å². The van der Waals surface area contributed by atoms with E-state index in [4.69, 9.17) is 11.5 Å². The summed E-state index contributed by atoms with van der Waals surface area (Å²) in [5, 5.41) is 6.55. The molecule has 3 rings (SSSR count).